The lowest BCUT2D eigenvalue weighted by atomic mass is 9.85. The summed E-state index contributed by atoms with van der Waals surface area (Å²) in [4.78, 5) is 9.97. The molecule has 2 aromatic heterocycles. The lowest BCUT2D eigenvalue weighted by molar-refractivity contribution is 0.483. The van der Waals surface area contributed by atoms with Gasteiger partial charge in [-0.3, -0.25) is 4.57 Å². The third kappa shape index (κ3) is 7.66. The molecule has 0 saturated carbocycles. The van der Waals surface area contributed by atoms with E-state index in [1.165, 1.54) is 61.2 Å². The molecule has 0 saturated heterocycles. The summed E-state index contributed by atoms with van der Waals surface area (Å²) in [6.07, 6.45) is 1.94. The van der Waals surface area contributed by atoms with Crippen molar-refractivity contribution < 1.29 is 4.74 Å². The fourth-order valence-electron chi connectivity index (χ4n) is 9.68. The zero-order valence-corrected chi connectivity index (χ0v) is 39.0. The van der Waals surface area contributed by atoms with E-state index in [0.717, 1.165) is 39.6 Å². The minimum atomic E-state index is -0.0154. The van der Waals surface area contributed by atoms with Gasteiger partial charge in [-0.15, -0.1) is 0 Å². The smallest absolute Gasteiger partial charge is 0.137 e. The van der Waals surface area contributed by atoms with Crippen LogP contribution in [0.2, 0.25) is 0 Å². The number of ether oxygens (including phenoxy) is 1. The minimum absolute atomic E-state index is 0.0154. The van der Waals surface area contributed by atoms with E-state index < -0.39 is 0 Å². The summed E-state index contributed by atoms with van der Waals surface area (Å²) in [6.45, 7) is 25.9. The summed E-state index contributed by atoms with van der Waals surface area (Å²) in [7, 11) is 0. The fraction of sp³-hybridized carbons (Fsp3) is 0.293. The second kappa shape index (κ2) is 16.4. The standard InChI is InChI=1S/C58H62N4O/c1-36(2)45-19-16-20-46(37(3)4)56(45)40-30-42(60-35-61(53-25-15-14-24-52(53)60)57-47(38(5)6)21-17-22-48(57)39(7)8)33-44(31-40)63-43-26-27-50-49-18-12-13-23-51(49)62(54(50)34-43)55-32-41(28-29-59-55)58(9,10)11/h12-34,36-39H,35H2,1-11H3. The zero-order chi connectivity index (χ0) is 44.3. The predicted octanol–water partition coefficient (Wildman–Crippen LogP) is 16.7. The molecule has 0 bridgehead atoms. The van der Waals surface area contributed by atoms with Crippen molar-refractivity contribution in [2.24, 2.45) is 0 Å². The first-order valence-corrected chi connectivity index (χ1v) is 22.9. The molecule has 6 aromatic carbocycles. The number of hydrogen-bond donors (Lipinski definition) is 0. The highest BCUT2D eigenvalue weighted by Gasteiger charge is 2.32. The van der Waals surface area contributed by atoms with Gasteiger partial charge in [0, 0.05) is 40.5 Å². The Morgan fingerprint density at radius 1 is 0.524 bits per heavy atom. The summed E-state index contributed by atoms with van der Waals surface area (Å²) in [6, 6.07) is 49.0. The maximum absolute atomic E-state index is 7.14. The van der Waals surface area contributed by atoms with Crippen molar-refractivity contribution >= 4 is 44.6 Å². The number of rotatable bonds is 10. The average molecular weight is 831 g/mol. The van der Waals surface area contributed by atoms with Crippen LogP contribution in [-0.2, 0) is 5.41 Å². The van der Waals surface area contributed by atoms with Gasteiger partial charge in [-0.25, -0.2) is 4.98 Å². The summed E-state index contributed by atoms with van der Waals surface area (Å²) >= 11 is 0. The highest BCUT2D eigenvalue weighted by Crippen LogP contribution is 2.50. The molecule has 5 heteroatoms. The van der Waals surface area contributed by atoms with E-state index in [1.807, 2.05) is 6.20 Å². The van der Waals surface area contributed by atoms with E-state index in [0.29, 0.717) is 30.3 Å². The van der Waals surface area contributed by atoms with Crippen LogP contribution in [0.3, 0.4) is 0 Å². The van der Waals surface area contributed by atoms with Gasteiger partial charge in [0.15, 0.2) is 0 Å². The van der Waals surface area contributed by atoms with Crippen molar-refractivity contribution in [3.05, 3.63) is 167 Å². The van der Waals surface area contributed by atoms with Gasteiger partial charge < -0.3 is 14.5 Å². The SMILES string of the molecule is CC(C)c1cccc(C(C)C)c1-c1cc(Oc2ccc3c4ccccc4n(-c4cc(C(C)(C)C)ccn4)c3c2)cc(N2CN(c3c(C(C)C)cccc3C(C)C)c3ccccc32)c1. The molecule has 0 unspecified atom stereocenters. The highest BCUT2D eigenvalue weighted by atomic mass is 16.5. The van der Waals surface area contributed by atoms with Gasteiger partial charge in [0.2, 0.25) is 0 Å². The zero-order valence-electron chi connectivity index (χ0n) is 39.0. The normalized spacial score (nSPS) is 13.1. The second-order valence-corrected chi connectivity index (χ2v) is 19.7. The third-order valence-electron chi connectivity index (χ3n) is 12.9. The molecular weight excluding hydrogens is 769 g/mol. The quantitative estimate of drug-likeness (QED) is 0.137. The van der Waals surface area contributed by atoms with Gasteiger partial charge in [-0.2, -0.15) is 0 Å². The lowest BCUT2D eigenvalue weighted by Gasteiger charge is -2.29. The number of aromatic nitrogens is 2. The molecule has 0 amide bonds. The molecule has 0 aliphatic carbocycles. The van der Waals surface area contributed by atoms with Crippen LogP contribution < -0.4 is 14.5 Å². The molecule has 0 fully saturated rings. The van der Waals surface area contributed by atoms with E-state index >= 15 is 0 Å². The third-order valence-corrected chi connectivity index (χ3v) is 12.9. The Balaban J connectivity index is 1.23. The number of hydrogen-bond acceptors (Lipinski definition) is 4. The lowest BCUT2D eigenvalue weighted by Crippen LogP contribution is -2.26. The molecular formula is C58H62N4O. The first-order chi connectivity index (χ1) is 30.2. The summed E-state index contributed by atoms with van der Waals surface area (Å²) in [5.41, 5.74) is 16.1. The van der Waals surface area contributed by atoms with Crippen LogP contribution in [0.5, 0.6) is 11.5 Å². The van der Waals surface area contributed by atoms with E-state index in [-0.39, 0.29) is 5.41 Å². The van der Waals surface area contributed by atoms with Crippen LogP contribution in [0.15, 0.2) is 140 Å². The molecule has 320 valence electrons. The largest absolute Gasteiger partial charge is 0.457 e. The van der Waals surface area contributed by atoms with Crippen molar-refractivity contribution in [1.29, 1.82) is 0 Å². The Hall–Kier alpha value is -6.33. The molecule has 0 atom stereocenters. The van der Waals surface area contributed by atoms with Crippen molar-refractivity contribution in [1.82, 2.24) is 9.55 Å². The minimum Gasteiger partial charge on any atom is -0.457 e. The van der Waals surface area contributed by atoms with Gasteiger partial charge in [0.05, 0.1) is 22.4 Å². The first kappa shape index (κ1) is 42.0. The summed E-state index contributed by atoms with van der Waals surface area (Å²) in [5.74, 6) is 3.90. The molecule has 1 aliphatic rings. The number of anilines is 4. The monoisotopic (exact) mass is 830 g/mol. The number of pyridine rings is 1. The Morgan fingerprint density at radius 3 is 1.75 bits per heavy atom. The number of benzene rings is 6. The fourth-order valence-corrected chi connectivity index (χ4v) is 9.68. The van der Waals surface area contributed by atoms with Gasteiger partial charge in [0.1, 0.15) is 24.0 Å². The molecule has 3 heterocycles. The van der Waals surface area contributed by atoms with Crippen LogP contribution in [0, 0.1) is 0 Å². The van der Waals surface area contributed by atoms with E-state index in [4.69, 9.17) is 9.72 Å². The maximum atomic E-state index is 7.14. The van der Waals surface area contributed by atoms with Gasteiger partial charge in [-0.1, -0.05) is 143 Å². The molecule has 0 radical (unpaired) electrons. The molecule has 5 nitrogen and oxygen atoms in total. The Morgan fingerprint density at radius 2 is 1.11 bits per heavy atom. The van der Waals surface area contributed by atoms with Gasteiger partial charge >= 0.3 is 0 Å². The highest BCUT2D eigenvalue weighted by molar-refractivity contribution is 6.09. The van der Waals surface area contributed by atoms with Crippen LogP contribution in [0.4, 0.5) is 22.7 Å². The Labute approximate surface area is 375 Å². The average Bonchev–Trinajstić information content (AvgIpc) is 3.81. The predicted molar refractivity (Wildman–Crippen MR) is 268 cm³/mol. The topological polar surface area (TPSA) is 33.5 Å². The number of fused-ring (bicyclic) bond motifs is 4. The van der Waals surface area contributed by atoms with Crippen molar-refractivity contribution in [2.75, 3.05) is 16.5 Å². The molecule has 1 aliphatic heterocycles. The van der Waals surface area contributed by atoms with Gasteiger partial charge in [-0.05, 0) is 123 Å². The van der Waals surface area contributed by atoms with Crippen LogP contribution in [0.25, 0.3) is 38.8 Å². The number of para-hydroxylation sites is 4. The van der Waals surface area contributed by atoms with Crippen molar-refractivity contribution in [3.63, 3.8) is 0 Å². The molecule has 0 N–H and O–H groups in total. The second-order valence-electron chi connectivity index (χ2n) is 19.7. The molecule has 0 spiro atoms. The van der Waals surface area contributed by atoms with E-state index in [2.05, 4.69) is 224 Å². The van der Waals surface area contributed by atoms with Crippen molar-refractivity contribution in [3.8, 4) is 28.4 Å². The number of nitrogens with zero attached hydrogens (tertiary/aromatic N) is 4. The first-order valence-electron chi connectivity index (χ1n) is 22.9. The van der Waals surface area contributed by atoms with E-state index in [9.17, 15) is 0 Å². The Kier molecular flexibility index (Phi) is 10.9. The van der Waals surface area contributed by atoms with Crippen LogP contribution in [-0.4, -0.2) is 16.2 Å². The van der Waals surface area contributed by atoms with Crippen molar-refractivity contribution in [2.45, 2.75) is 105 Å². The van der Waals surface area contributed by atoms with Gasteiger partial charge in [0.25, 0.3) is 0 Å². The molecule has 63 heavy (non-hydrogen) atoms. The molecule has 9 rings (SSSR count). The maximum Gasteiger partial charge on any atom is 0.137 e. The van der Waals surface area contributed by atoms with Crippen LogP contribution >= 0.6 is 0 Å². The summed E-state index contributed by atoms with van der Waals surface area (Å²) < 4.78 is 9.43. The Bertz CT molecular complexity index is 2930. The van der Waals surface area contributed by atoms with Crippen LogP contribution in [0.1, 0.15) is 128 Å². The summed E-state index contributed by atoms with van der Waals surface area (Å²) in [5, 5.41) is 2.36. The van der Waals surface area contributed by atoms with E-state index in [1.54, 1.807) is 0 Å². The molecule has 8 aromatic rings.